The predicted octanol–water partition coefficient (Wildman–Crippen LogP) is 3.28. The lowest BCUT2D eigenvalue weighted by molar-refractivity contribution is -0.120. The third-order valence-corrected chi connectivity index (χ3v) is 4.23. The number of carbonyl (C=O) groups is 2. The van der Waals surface area contributed by atoms with Gasteiger partial charge in [-0.3, -0.25) is 9.59 Å². The highest BCUT2D eigenvalue weighted by molar-refractivity contribution is 6.35. The van der Waals surface area contributed by atoms with Gasteiger partial charge >= 0.3 is 0 Å². The summed E-state index contributed by atoms with van der Waals surface area (Å²) in [6, 6.07) is 5.43. The molecule has 6 nitrogen and oxygen atoms in total. The summed E-state index contributed by atoms with van der Waals surface area (Å²) in [7, 11) is 0. The van der Waals surface area contributed by atoms with Crippen LogP contribution in [-0.4, -0.2) is 21.8 Å². The van der Waals surface area contributed by atoms with Crippen molar-refractivity contribution in [2.45, 2.75) is 26.7 Å². The Morgan fingerprint density at radius 2 is 2.12 bits per heavy atom. The van der Waals surface area contributed by atoms with Crippen molar-refractivity contribution in [1.82, 2.24) is 9.97 Å². The Hall–Kier alpha value is -2.89. The molecule has 0 radical (unpaired) electrons. The van der Waals surface area contributed by atoms with Crippen LogP contribution in [0.3, 0.4) is 0 Å². The third-order valence-electron chi connectivity index (χ3n) is 4.23. The zero-order valence-electron chi connectivity index (χ0n) is 13.7. The molecule has 0 saturated heterocycles. The number of amides is 2. The van der Waals surface area contributed by atoms with E-state index in [2.05, 4.69) is 20.6 Å². The fourth-order valence-electron chi connectivity index (χ4n) is 2.81. The number of nitrogens with one attached hydrogen (secondary N) is 3. The Morgan fingerprint density at radius 1 is 1.33 bits per heavy atom. The molecule has 24 heavy (non-hydrogen) atoms. The van der Waals surface area contributed by atoms with Crippen molar-refractivity contribution in [2.75, 3.05) is 10.6 Å². The van der Waals surface area contributed by atoms with Gasteiger partial charge in [0, 0.05) is 35.2 Å². The first-order valence-electron chi connectivity index (χ1n) is 8.10. The molecule has 6 heteroatoms. The van der Waals surface area contributed by atoms with Gasteiger partial charge in [0.2, 0.25) is 5.91 Å². The lowest BCUT2D eigenvalue weighted by Gasteiger charge is -2.13. The zero-order chi connectivity index (χ0) is 17.1. The maximum absolute atomic E-state index is 12.3. The largest absolute Gasteiger partial charge is 0.345 e. The number of fused-ring (bicyclic) bond motifs is 1. The van der Waals surface area contributed by atoms with Crippen LogP contribution in [0.5, 0.6) is 0 Å². The van der Waals surface area contributed by atoms with Crippen molar-refractivity contribution >= 4 is 34.8 Å². The van der Waals surface area contributed by atoms with E-state index in [1.807, 2.05) is 19.9 Å². The van der Waals surface area contributed by atoms with Gasteiger partial charge in [0.1, 0.15) is 5.82 Å². The molecular weight excluding hydrogens is 304 g/mol. The molecule has 1 aliphatic rings. The molecule has 0 unspecified atom stereocenters. The van der Waals surface area contributed by atoms with Crippen molar-refractivity contribution in [3.05, 3.63) is 42.0 Å². The summed E-state index contributed by atoms with van der Waals surface area (Å²) in [4.78, 5) is 31.5. The highest BCUT2D eigenvalue weighted by Gasteiger charge is 2.25. The summed E-state index contributed by atoms with van der Waals surface area (Å²) in [5.41, 5.74) is 2.71. The van der Waals surface area contributed by atoms with Crippen molar-refractivity contribution in [2.24, 2.45) is 5.92 Å². The number of imidazole rings is 1. The molecule has 1 aliphatic heterocycles. The van der Waals surface area contributed by atoms with Crippen LogP contribution in [0.1, 0.15) is 38.1 Å². The molecule has 1 aromatic heterocycles. The van der Waals surface area contributed by atoms with E-state index in [4.69, 9.17) is 0 Å². The zero-order valence-corrected chi connectivity index (χ0v) is 13.7. The molecule has 3 rings (SSSR count). The lowest BCUT2D eigenvalue weighted by Crippen LogP contribution is -2.21. The van der Waals surface area contributed by atoms with Crippen molar-refractivity contribution in [1.29, 1.82) is 0 Å². The maximum atomic E-state index is 12.3. The molecule has 0 bridgehead atoms. The molecular formula is C18H20N4O2. The van der Waals surface area contributed by atoms with E-state index in [9.17, 15) is 9.59 Å². The number of rotatable bonds is 5. The van der Waals surface area contributed by atoms with Crippen LogP contribution >= 0.6 is 0 Å². The van der Waals surface area contributed by atoms with Gasteiger partial charge in [0.25, 0.3) is 5.91 Å². The molecule has 0 spiro atoms. The van der Waals surface area contributed by atoms with E-state index < -0.39 is 0 Å². The van der Waals surface area contributed by atoms with Gasteiger partial charge < -0.3 is 15.6 Å². The minimum Gasteiger partial charge on any atom is -0.345 e. The van der Waals surface area contributed by atoms with E-state index in [1.165, 1.54) is 0 Å². The van der Waals surface area contributed by atoms with E-state index in [0.717, 1.165) is 24.1 Å². The van der Waals surface area contributed by atoms with Crippen LogP contribution in [-0.2, 0) is 9.59 Å². The van der Waals surface area contributed by atoms with Gasteiger partial charge in [-0.1, -0.05) is 13.8 Å². The normalized spacial score (nSPS) is 14.8. The molecule has 2 amide bonds. The highest BCUT2D eigenvalue weighted by Crippen LogP contribution is 2.34. The van der Waals surface area contributed by atoms with Crippen molar-refractivity contribution in [3.63, 3.8) is 0 Å². The Labute approximate surface area is 140 Å². The average molecular weight is 324 g/mol. The Morgan fingerprint density at radius 3 is 2.79 bits per heavy atom. The first kappa shape index (κ1) is 16.0. The van der Waals surface area contributed by atoms with Gasteiger partial charge in [0.05, 0.1) is 5.57 Å². The van der Waals surface area contributed by atoms with Gasteiger partial charge in [-0.2, -0.15) is 0 Å². The van der Waals surface area contributed by atoms with Crippen LogP contribution in [0.25, 0.3) is 11.6 Å². The second-order valence-corrected chi connectivity index (χ2v) is 5.75. The highest BCUT2D eigenvalue weighted by atomic mass is 16.2. The Kier molecular flexibility index (Phi) is 4.46. The minimum absolute atomic E-state index is 0.00357. The van der Waals surface area contributed by atoms with Crippen molar-refractivity contribution in [3.8, 4) is 0 Å². The van der Waals surface area contributed by atoms with Crippen LogP contribution in [0.15, 0.2) is 30.6 Å². The number of H-pyrrole nitrogens is 1. The molecule has 2 aromatic rings. The molecule has 0 aliphatic carbocycles. The summed E-state index contributed by atoms with van der Waals surface area (Å²) < 4.78 is 0. The number of benzene rings is 1. The molecule has 0 saturated carbocycles. The summed E-state index contributed by atoms with van der Waals surface area (Å²) >= 11 is 0. The van der Waals surface area contributed by atoms with Crippen LogP contribution in [0, 0.1) is 5.92 Å². The summed E-state index contributed by atoms with van der Waals surface area (Å²) in [5.74, 6) is 0.439. The molecule has 1 aromatic carbocycles. The molecule has 2 heterocycles. The van der Waals surface area contributed by atoms with Gasteiger partial charge in [-0.25, -0.2) is 4.98 Å². The first-order valence-corrected chi connectivity index (χ1v) is 8.10. The fraction of sp³-hybridized carbons (Fsp3) is 0.278. The second-order valence-electron chi connectivity index (χ2n) is 5.75. The van der Waals surface area contributed by atoms with Crippen LogP contribution in [0.4, 0.5) is 11.4 Å². The Bertz CT molecular complexity index is 789. The summed E-state index contributed by atoms with van der Waals surface area (Å²) in [6.07, 6.45) is 6.64. The number of aromatic amines is 1. The number of carbonyl (C=O) groups excluding carboxylic acids is 2. The standard InChI is InChI=1S/C18H20N4O2/c1-3-11(4-2)17(23)21-12-5-6-15-13(9-12)14(18(24)22-15)10-16-19-7-8-20-16/h5-11H,3-4H2,1-2H3,(H,19,20)(H,21,23)(H,22,24)/b14-10-. The van der Waals surface area contributed by atoms with Gasteiger partial charge in [-0.05, 0) is 37.1 Å². The fourth-order valence-corrected chi connectivity index (χ4v) is 2.81. The first-order chi connectivity index (χ1) is 11.6. The SMILES string of the molecule is CCC(CC)C(=O)Nc1ccc2c(c1)/C(=C/c1ncc[nH]1)C(=O)N2. The second kappa shape index (κ2) is 6.70. The van der Waals surface area contributed by atoms with Crippen LogP contribution in [0.2, 0.25) is 0 Å². The van der Waals surface area contributed by atoms with E-state index in [-0.39, 0.29) is 17.7 Å². The minimum atomic E-state index is -0.176. The van der Waals surface area contributed by atoms with Gasteiger partial charge in [0.15, 0.2) is 0 Å². The van der Waals surface area contributed by atoms with E-state index in [1.54, 1.807) is 30.6 Å². The number of hydrogen-bond acceptors (Lipinski definition) is 3. The number of hydrogen-bond donors (Lipinski definition) is 3. The summed E-state index contributed by atoms with van der Waals surface area (Å²) in [5, 5.41) is 5.76. The smallest absolute Gasteiger partial charge is 0.256 e. The number of nitrogens with zero attached hydrogens (tertiary/aromatic N) is 1. The topological polar surface area (TPSA) is 86.9 Å². The number of anilines is 2. The molecule has 0 atom stereocenters. The van der Waals surface area contributed by atoms with Crippen LogP contribution < -0.4 is 10.6 Å². The molecule has 0 fully saturated rings. The lowest BCUT2D eigenvalue weighted by atomic mass is 10.0. The summed E-state index contributed by atoms with van der Waals surface area (Å²) in [6.45, 7) is 4.01. The quantitative estimate of drug-likeness (QED) is 0.738. The Balaban J connectivity index is 1.89. The van der Waals surface area contributed by atoms with E-state index in [0.29, 0.717) is 17.1 Å². The van der Waals surface area contributed by atoms with E-state index >= 15 is 0 Å². The third kappa shape index (κ3) is 3.08. The van der Waals surface area contributed by atoms with Gasteiger partial charge in [-0.15, -0.1) is 0 Å². The molecule has 3 N–H and O–H groups in total. The molecule has 124 valence electrons. The van der Waals surface area contributed by atoms with Crippen molar-refractivity contribution < 1.29 is 9.59 Å². The monoisotopic (exact) mass is 324 g/mol. The predicted molar refractivity (Wildman–Crippen MR) is 94.2 cm³/mol. The maximum Gasteiger partial charge on any atom is 0.256 e. The average Bonchev–Trinajstić information content (AvgIpc) is 3.18. The number of aromatic nitrogens is 2.